The van der Waals surface area contributed by atoms with Gasteiger partial charge in [-0.3, -0.25) is 14.3 Å². The second-order valence-electron chi connectivity index (χ2n) is 8.29. The first kappa shape index (κ1) is 19.6. The Bertz CT molecular complexity index is 1050. The summed E-state index contributed by atoms with van der Waals surface area (Å²) in [6.07, 6.45) is 14.4. The number of anilines is 1. The van der Waals surface area contributed by atoms with E-state index in [9.17, 15) is 4.79 Å². The summed E-state index contributed by atoms with van der Waals surface area (Å²) < 4.78 is 1.80. The Morgan fingerprint density at radius 2 is 1.61 bits per heavy atom. The lowest BCUT2D eigenvalue weighted by molar-refractivity contribution is 0.0629. The summed E-state index contributed by atoms with van der Waals surface area (Å²) in [5.74, 6) is 2.28. The highest BCUT2D eigenvalue weighted by molar-refractivity contribution is 5.94. The number of carbonyl (C=O) groups excluding carboxylic acids is 1. The fourth-order valence-electron chi connectivity index (χ4n) is 4.20. The molecule has 2 aliphatic rings. The number of carbonyl (C=O) groups is 1. The summed E-state index contributed by atoms with van der Waals surface area (Å²) in [6.45, 7) is 5.57. The van der Waals surface area contributed by atoms with Gasteiger partial charge in [0.2, 0.25) is 5.95 Å². The molecule has 9 nitrogen and oxygen atoms in total. The lowest BCUT2D eigenvalue weighted by Gasteiger charge is -2.39. The Labute approximate surface area is 181 Å². The van der Waals surface area contributed by atoms with Gasteiger partial charge in [0.25, 0.3) is 5.91 Å². The van der Waals surface area contributed by atoms with Crippen molar-refractivity contribution in [2.75, 3.05) is 18.0 Å². The Kier molecular flexibility index (Phi) is 5.09. The molecule has 1 aliphatic carbocycles. The van der Waals surface area contributed by atoms with E-state index in [0.717, 1.165) is 56.1 Å². The number of amides is 1. The molecule has 31 heavy (non-hydrogen) atoms. The minimum Gasteiger partial charge on any atom is -0.355 e. The van der Waals surface area contributed by atoms with Crippen LogP contribution in [0.1, 0.15) is 47.6 Å². The van der Waals surface area contributed by atoms with Gasteiger partial charge in [-0.2, -0.15) is 0 Å². The van der Waals surface area contributed by atoms with Gasteiger partial charge in [-0.1, -0.05) is 0 Å². The first-order valence-corrected chi connectivity index (χ1v) is 10.8. The molecule has 1 saturated heterocycles. The van der Waals surface area contributed by atoms with Gasteiger partial charge in [0.15, 0.2) is 0 Å². The Hall–Kier alpha value is -3.36. The molecule has 5 rings (SSSR count). The van der Waals surface area contributed by atoms with Crippen LogP contribution in [0.4, 0.5) is 5.82 Å². The number of hydrogen-bond acceptors (Lipinski definition) is 7. The van der Waals surface area contributed by atoms with Crippen molar-refractivity contribution < 1.29 is 4.79 Å². The fraction of sp³-hybridized carbons (Fsp3) is 0.455. The largest absolute Gasteiger partial charge is 0.355 e. The maximum Gasteiger partial charge on any atom is 0.257 e. The molecule has 0 unspecified atom stereocenters. The third-order valence-corrected chi connectivity index (χ3v) is 6.05. The van der Waals surface area contributed by atoms with E-state index >= 15 is 0 Å². The number of imidazole rings is 1. The third kappa shape index (κ3) is 3.99. The topological polar surface area (TPSA) is 92.9 Å². The monoisotopic (exact) mass is 418 g/mol. The molecular weight excluding hydrogens is 392 g/mol. The van der Waals surface area contributed by atoms with Crippen molar-refractivity contribution in [3.8, 4) is 5.95 Å². The molecular formula is C22H26N8O. The van der Waals surface area contributed by atoms with Gasteiger partial charge < -0.3 is 9.80 Å². The molecule has 0 radical (unpaired) electrons. The highest BCUT2D eigenvalue weighted by atomic mass is 16.2. The highest BCUT2D eigenvalue weighted by Gasteiger charge is 2.39. The molecule has 1 aliphatic heterocycles. The summed E-state index contributed by atoms with van der Waals surface area (Å²) >= 11 is 0. The zero-order chi connectivity index (χ0) is 21.4. The lowest BCUT2D eigenvalue weighted by Crippen LogP contribution is -2.48. The molecule has 1 saturated carbocycles. The quantitative estimate of drug-likeness (QED) is 0.628. The number of rotatable bonds is 5. The number of nitrogens with zero attached hydrogens (tertiary/aromatic N) is 8. The van der Waals surface area contributed by atoms with Crippen molar-refractivity contribution in [3.05, 3.63) is 54.3 Å². The Morgan fingerprint density at radius 3 is 2.19 bits per heavy atom. The van der Waals surface area contributed by atoms with E-state index in [4.69, 9.17) is 0 Å². The van der Waals surface area contributed by atoms with E-state index in [1.807, 2.05) is 26.2 Å². The molecule has 0 bridgehead atoms. The summed E-state index contributed by atoms with van der Waals surface area (Å²) in [5.41, 5.74) is 1.46. The third-order valence-electron chi connectivity index (χ3n) is 6.05. The van der Waals surface area contributed by atoms with Crippen molar-refractivity contribution in [3.63, 3.8) is 0 Å². The Morgan fingerprint density at radius 1 is 0.903 bits per heavy atom. The van der Waals surface area contributed by atoms with Crippen LogP contribution in [0.25, 0.3) is 5.95 Å². The van der Waals surface area contributed by atoms with E-state index in [1.54, 1.807) is 29.4 Å². The summed E-state index contributed by atoms with van der Waals surface area (Å²) in [6, 6.07) is 0.559. The molecule has 0 atom stereocenters. The van der Waals surface area contributed by atoms with Crippen molar-refractivity contribution in [2.24, 2.45) is 0 Å². The zero-order valence-corrected chi connectivity index (χ0v) is 17.8. The maximum absolute atomic E-state index is 13.4. The lowest BCUT2D eigenvalue weighted by atomic mass is 10.0. The average Bonchev–Trinajstić information content (AvgIpc) is 3.54. The van der Waals surface area contributed by atoms with Crippen LogP contribution in [0.2, 0.25) is 0 Å². The minimum atomic E-state index is 0.0324. The van der Waals surface area contributed by atoms with Gasteiger partial charge >= 0.3 is 0 Å². The minimum absolute atomic E-state index is 0.0324. The van der Waals surface area contributed by atoms with Crippen LogP contribution in [-0.2, 0) is 0 Å². The van der Waals surface area contributed by atoms with Gasteiger partial charge in [0.05, 0.1) is 23.7 Å². The normalized spacial score (nSPS) is 17.0. The van der Waals surface area contributed by atoms with E-state index in [1.165, 1.54) is 0 Å². The van der Waals surface area contributed by atoms with Crippen LogP contribution < -0.4 is 4.90 Å². The molecule has 3 aromatic heterocycles. The van der Waals surface area contributed by atoms with Crippen molar-refractivity contribution in [1.29, 1.82) is 0 Å². The van der Waals surface area contributed by atoms with E-state index in [0.29, 0.717) is 17.6 Å². The molecule has 0 aromatic carbocycles. The molecule has 2 fully saturated rings. The second-order valence-corrected chi connectivity index (χ2v) is 8.29. The van der Waals surface area contributed by atoms with E-state index in [-0.39, 0.29) is 11.9 Å². The van der Waals surface area contributed by atoms with Crippen LogP contribution in [0.15, 0.2) is 37.2 Å². The number of piperidine rings is 1. The van der Waals surface area contributed by atoms with Crippen LogP contribution in [0.3, 0.4) is 0 Å². The second kappa shape index (κ2) is 8.05. The molecule has 0 spiro atoms. The van der Waals surface area contributed by atoms with Gasteiger partial charge in [-0.15, -0.1) is 0 Å². The van der Waals surface area contributed by atoms with Crippen molar-refractivity contribution in [2.45, 2.75) is 51.6 Å². The highest BCUT2D eigenvalue weighted by Crippen LogP contribution is 2.33. The predicted molar refractivity (Wildman–Crippen MR) is 115 cm³/mol. The molecule has 160 valence electrons. The SMILES string of the molecule is Cc1cnc(N2CCC(N(C(=O)c3cnc(-n4ccnc4C)nc3)C3CC3)CC2)cn1. The molecule has 9 heteroatoms. The van der Waals surface area contributed by atoms with Gasteiger partial charge in [0.1, 0.15) is 11.6 Å². The maximum atomic E-state index is 13.4. The smallest absolute Gasteiger partial charge is 0.257 e. The van der Waals surface area contributed by atoms with E-state index in [2.05, 4.69) is 34.7 Å². The standard InChI is InChI=1S/C22H26N8O/c1-15-11-25-20(14-24-15)28-8-5-19(6-9-28)30(18-3-4-18)21(31)17-12-26-22(27-13-17)29-10-7-23-16(29)2/h7,10-14,18-19H,3-6,8-9H2,1-2H3. The fourth-order valence-corrected chi connectivity index (χ4v) is 4.20. The van der Waals surface area contributed by atoms with E-state index < -0.39 is 0 Å². The van der Waals surface area contributed by atoms with Gasteiger partial charge in [0, 0.05) is 50.0 Å². The summed E-state index contributed by atoms with van der Waals surface area (Å²) in [4.78, 5) is 39.6. The van der Waals surface area contributed by atoms with Crippen LogP contribution in [0.5, 0.6) is 0 Å². The van der Waals surface area contributed by atoms with Crippen LogP contribution in [0, 0.1) is 13.8 Å². The van der Waals surface area contributed by atoms with Crippen LogP contribution in [-0.4, -0.2) is 65.5 Å². The summed E-state index contributed by atoms with van der Waals surface area (Å²) in [7, 11) is 0. The zero-order valence-electron chi connectivity index (χ0n) is 17.8. The van der Waals surface area contributed by atoms with Crippen molar-refractivity contribution >= 4 is 11.7 Å². The number of aromatic nitrogens is 6. The Balaban J connectivity index is 1.28. The number of aryl methyl sites for hydroxylation is 2. The van der Waals surface area contributed by atoms with Crippen molar-refractivity contribution in [1.82, 2.24) is 34.4 Å². The molecule has 0 N–H and O–H groups in total. The molecule has 1 amide bonds. The first-order valence-electron chi connectivity index (χ1n) is 10.8. The molecule has 4 heterocycles. The number of hydrogen-bond donors (Lipinski definition) is 0. The summed E-state index contributed by atoms with van der Waals surface area (Å²) in [5, 5.41) is 0. The van der Waals surface area contributed by atoms with Gasteiger partial charge in [-0.25, -0.2) is 19.9 Å². The molecule has 3 aromatic rings. The predicted octanol–water partition coefficient (Wildman–Crippen LogP) is 2.34. The van der Waals surface area contributed by atoms with Gasteiger partial charge in [-0.05, 0) is 39.5 Å². The first-order chi connectivity index (χ1) is 15.1. The average molecular weight is 419 g/mol. The van der Waals surface area contributed by atoms with Crippen LogP contribution >= 0.6 is 0 Å².